The largest absolute Gasteiger partial charge is 0.416 e. The summed E-state index contributed by atoms with van der Waals surface area (Å²) in [4.78, 5) is 15.0. The predicted octanol–water partition coefficient (Wildman–Crippen LogP) is 7.47. The molecule has 1 saturated carbocycles. The van der Waals surface area contributed by atoms with Gasteiger partial charge in [-0.15, -0.1) is 0 Å². The maximum absolute atomic E-state index is 13.3. The summed E-state index contributed by atoms with van der Waals surface area (Å²) in [6, 6.07) is 24.5. The fraction of sp³-hybridized carbons (Fsp3) is 0.296. The van der Waals surface area contributed by atoms with Crippen molar-refractivity contribution in [1.82, 2.24) is 4.90 Å². The van der Waals surface area contributed by atoms with Gasteiger partial charge in [0.1, 0.15) is 0 Å². The average molecular weight is 453 g/mol. The van der Waals surface area contributed by atoms with Crippen molar-refractivity contribution in [3.05, 3.63) is 102 Å². The summed E-state index contributed by atoms with van der Waals surface area (Å²) < 4.78 is 39.3. The Bertz CT molecular complexity index is 1050. The number of hydrogen-bond acceptors (Lipinski definition) is 1. The maximum Gasteiger partial charge on any atom is 0.416 e. The van der Waals surface area contributed by atoms with Crippen LogP contribution in [0.5, 0.6) is 0 Å². The zero-order chi connectivity index (χ0) is 23.3. The van der Waals surface area contributed by atoms with E-state index in [2.05, 4.69) is 17.4 Å². The standard InChI is InChI=1S/C27H27F3N2O/c28-27(29,30)23-12-7-13-24(18-23)31-26(33)32(19-20-8-3-1-4-9-20)25-16-14-22(15-17-25)21-10-5-2-6-11-21/h1-13,18,22,25H,14-17,19H2,(H,31,33)/t22-,25-. The van der Waals surface area contributed by atoms with E-state index in [0.717, 1.165) is 43.4 Å². The number of nitrogens with zero attached hydrogens (tertiary/aromatic N) is 1. The summed E-state index contributed by atoms with van der Waals surface area (Å²) in [6.07, 6.45) is -0.821. The SMILES string of the molecule is O=C(Nc1cccc(C(F)(F)F)c1)N(Cc1ccccc1)[C@H]1CC[C@H](c2ccccc2)CC1. The molecule has 3 nitrogen and oxygen atoms in total. The van der Waals surface area contributed by atoms with Crippen molar-refractivity contribution in [3.63, 3.8) is 0 Å². The van der Waals surface area contributed by atoms with E-state index >= 15 is 0 Å². The molecule has 0 bridgehead atoms. The van der Waals surface area contributed by atoms with Gasteiger partial charge in [0.2, 0.25) is 0 Å². The lowest BCUT2D eigenvalue weighted by atomic mass is 9.81. The van der Waals surface area contributed by atoms with Gasteiger partial charge >= 0.3 is 12.2 Å². The van der Waals surface area contributed by atoms with Crippen LogP contribution in [-0.4, -0.2) is 17.0 Å². The van der Waals surface area contributed by atoms with Gasteiger partial charge in [0, 0.05) is 18.3 Å². The molecule has 1 aliphatic rings. The third kappa shape index (κ3) is 5.95. The number of carbonyl (C=O) groups is 1. The van der Waals surface area contributed by atoms with Crippen molar-refractivity contribution in [1.29, 1.82) is 0 Å². The van der Waals surface area contributed by atoms with E-state index in [0.29, 0.717) is 12.5 Å². The quantitative estimate of drug-likeness (QED) is 0.428. The summed E-state index contributed by atoms with van der Waals surface area (Å²) >= 11 is 0. The Hall–Kier alpha value is -3.28. The number of carbonyl (C=O) groups excluding carboxylic acids is 1. The van der Waals surface area contributed by atoms with Gasteiger partial charge in [-0.3, -0.25) is 0 Å². The van der Waals surface area contributed by atoms with Crippen LogP contribution in [0.2, 0.25) is 0 Å². The molecule has 1 N–H and O–H groups in total. The number of nitrogens with one attached hydrogen (secondary N) is 1. The van der Waals surface area contributed by atoms with Gasteiger partial charge in [-0.2, -0.15) is 13.2 Å². The minimum Gasteiger partial charge on any atom is -0.317 e. The van der Waals surface area contributed by atoms with Crippen molar-refractivity contribution in [3.8, 4) is 0 Å². The fourth-order valence-electron chi connectivity index (χ4n) is 4.56. The third-order valence-corrected chi connectivity index (χ3v) is 6.31. The first-order valence-electron chi connectivity index (χ1n) is 11.2. The van der Waals surface area contributed by atoms with E-state index in [1.807, 2.05) is 48.5 Å². The van der Waals surface area contributed by atoms with Crippen LogP contribution in [0.4, 0.5) is 23.7 Å². The van der Waals surface area contributed by atoms with E-state index in [-0.39, 0.29) is 17.8 Å². The Morgan fingerprint density at radius 2 is 1.48 bits per heavy atom. The van der Waals surface area contributed by atoms with Gasteiger partial charge in [-0.1, -0.05) is 66.7 Å². The van der Waals surface area contributed by atoms with Gasteiger partial charge in [-0.05, 0) is 60.9 Å². The molecule has 0 radical (unpaired) electrons. The first-order chi connectivity index (χ1) is 15.9. The van der Waals surface area contributed by atoms with Gasteiger partial charge in [0.25, 0.3) is 0 Å². The lowest BCUT2D eigenvalue weighted by Crippen LogP contribution is -2.44. The first-order valence-corrected chi connectivity index (χ1v) is 11.2. The number of benzene rings is 3. The number of alkyl halides is 3. The minimum absolute atomic E-state index is 0.0240. The van der Waals surface area contributed by atoms with Crippen LogP contribution in [-0.2, 0) is 12.7 Å². The monoisotopic (exact) mass is 452 g/mol. The maximum atomic E-state index is 13.3. The van der Waals surface area contributed by atoms with Crippen molar-refractivity contribution >= 4 is 11.7 Å². The molecule has 1 aliphatic carbocycles. The topological polar surface area (TPSA) is 32.3 Å². The van der Waals surface area contributed by atoms with Crippen LogP contribution in [0.15, 0.2) is 84.9 Å². The summed E-state index contributed by atoms with van der Waals surface area (Å²) in [6.45, 7) is 0.409. The highest BCUT2D eigenvalue weighted by molar-refractivity contribution is 5.89. The third-order valence-electron chi connectivity index (χ3n) is 6.31. The summed E-state index contributed by atoms with van der Waals surface area (Å²) in [5.74, 6) is 0.465. The normalized spacial score (nSPS) is 18.5. The molecule has 0 aromatic heterocycles. The van der Waals surface area contributed by atoms with Gasteiger partial charge in [-0.25, -0.2) is 4.79 Å². The molecule has 1 fully saturated rings. The van der Waals surface area contributed by atoms with Crippen LogP contribution in [0, 0.1) is 0 Å². The number of hydrogen-bond donors (Lipinski definition) is 1. The minimum atomic E-state index is -4.46. The number of amides is 2. The Morgan fingerprint density at radius 1 is 0.848 bits per heavy atom. The zero-order valence-electron chi connectivity index (χ0n) is 18.3. The molecule has 4 rings (SSSR count). The van der Waals surface area contributed by atoms with Crippen LogP contribution >= 0.6 is 0 Å². The molecule has 0 unspecified atom stereocenters. The number of anilines is 1. The number of halogens is 3. The summed E-state index contributed by atoms with van der Waals surface area (Å²) in [7, 11) is 0. The Morgan fingerprint density at radius 3 is 2.12 bits per heavy atom. The molecule has 3 aromatic rings. The molecular formula is C27H27F3N2O. The van der Waals surface area contributed by atoms with E-state index < -0.39 is 11.7 Å². The van der Waals surface area contributed by atoms with E-state index in [4.69, 9.17) is 0 Å². The average Bonchev–Trinajstić information content (AvgIpc) is 2.83. The summed E-state index contributed by atoms with van der Waals surface area (Å²) in [5.41, 5.74) is 1.67. The molecular weight excluding hydrogens is 425 g/mol. The van der Waals surface area contributed by atoms with E-state index in [1.54, 1.807) is 4.90 Å². The van der Waals surface area contributed by atoms with E-state index in [9.17, 15) is 18.0 Å². The van der Waals surface area contributed by atoms with Crippen molar-refractivity contribution in [2.75, 3.05) is 5.32 Å². The molecule has 2 amide bonds. The highest BCUT2D eigenvalue weighted by Crippen LogP contribution is 2.36. The number of urea groups is 1. The Labute approximate surface area is 192 Å². The Kier molecular flexibility index (Phi) is 7.02. The smallest absolute Gasteiger partial charge is 0.317 e. The van der Waals surface area contributed by atoms with Gasteiger partial charge < -0.3 is 10.2 Å². The Balaban J connectivity index is 1.50. The molecule has 0 spiro atoms. The van der Waals surface area contributed by atoms with Crippen LogP contribution in [0.1, 0.15) is 48.3 Å². The zero-order valence-corrected chi connectivity index (χ0v) is 18.3. The van der Waals surface area contributed by atoms with Gasteiger partial charge in [0.05, 0.1) is 5.56 Å². The second-order valence-electron chi connectivity index (χ2n) is 8.54. The second kappa shape index (κ2) is 10.1. The van der Waals surface area contributed by atoms with E-state index in [1.165, 1.54) is 17.7 Å². The molecule has 6 heteroatoms. The molecule has 33 heavy (non-hydrogen) atoms. The molecule has 0 saturated heterocycles. The molecule has 3 aromatic carbocycles. The lowest BCUT2D eigenvalue weighted by Gasteiger charge is -2.37. The highest BCUT2D eigenvalue weighted by atomic mass is 19.4. The molecule has 0 atom stereocenters. The fourth-order valence-corrected chi connectivity index (χ4v) is 4.56. The molecule has 0 heterocycles. The van der Waals surface area contributed by atoms with Crippen molar-refractivity contribution in [2.24, 2.45) is 0 Å². The second-order valence-corrected chi connectivity index (χ2v) is 8.54. The number of rotatable bonds is 5. The highest BCUT2D eigenvalue weighted by Gasteiger charge is 2.32. The lowest BCUT2D eigenvalue weighted by molar-refractivity contribution is -0.137. The molecule has 0 aliphatic heterocycles. The first kappa shape index (κ1) is 22.9. The van der Waals surface area contributed by atoms with Crippen LogP contribution < -0.4 is 5.32 Å². The van der Waals surface area contributed by atoms with Crippen molar-refractivity contribution in [2.45, 2.75) is 50.4 Å². The summed E-state index contributed by atoms with van der Waals surface area (Å²) in [5, 5.41) is 2.70. The van der Waals surface area contributed by atoms with Crippen LogP contribution in [0.3, 0.4) is 0 Å². The van der Waals surface area contributed by atoms with Crippen molar-refractivity contribution < 1.29 is 18.0 Å². The predicted molar refractivity (Wildman–Crippen MR) is 124 cm³/mol. The van der Waals surface area contributed by atoms with Gasteiger partial charge in [0.15, 0.2) is 0 Å². The van der Waals surface area contributed by atoms with Crippen LogP contribution in [0.25, 0.3) is 0 Å². The molecule has 172 valence electrons.